The van der Waals surface area contributed by atoms with E-state index in [1.807, 2.05) is 30.3 Å². The van der Waals surface area contributed by atoms with Gasteiger partial charge >= 0.3 is 5.97 Å². The molecule has 3 atom stereocenters. The van der Waals surface area contributed by atoms with E-state index in [4.69, 9.17) is 4.74 Å². The number of benzene rings is 1. The van der Waals surface area contributed by atoms with Crippen LogP contribution in [0, 0.1) is 11.7 Å². The van der Waals surface area contributed by atoms with E-state index in [1.54, 1.807) is 11.8 Å². The molecule has 1 aliphatic heterocycles. The number of ether oxygens (including phenoxy) is 1. The monoisotopic (exact) mass is 437 g/mol. The fourth-order valence-electron chi connectivity index (χ4n) is 3.44. The number of aliphatic hydroxyl groups excluding tert-OH is 1. The molecule has 1 fully saturated rings. The second-order valence-electron chi connectivity index (χ2n) is 7.00. The van der Waals surface area contributed by atoms with E-state index >= 15 is 0 Å². The van der Waals surface area contributed by atoms with Crippen LogP contribution in [-0.4, -0.2) is 56.5 Å². The van der Waals surface area contributed by atoms with Crippen molar-refractivity contribution in [3.63, 3.8) is 0 Å². The maximum absolute atomic E-state index is 14.7. The van der Waals surface area contributed by atoms with E-state index in [-0.39, 0.29) is 36.3 Å². The van der Waals surface area contributed by atoms with Crippen LogP contribution in [0.5, 0.6) is 0 Å². The summed E-state index contributed by atoms with van der Waals surface area (Å²) in [6.07, 6.45) is 1.22. The summed E-state index contributed by atoms with van der Waals surface area (Å²) in [6, 6.07) is 8.43. The normalized spacial score (nSPS) is 19.9. The summed E-state index contributed by atoms with van der Waals surface area (Å²) in [4.78, 5) is 26.1. The van der Waals surface area contributed by atoms with E-state index < -0.39 is 34.7 Å². The average Bonchev–Trinajstić information content (AvgIpc) is 3.19. The summed E-state index contributed by atoms with van der Waals surface area (Å²) in [7, 11) is -0.672. The van der Waals surface area contributed by atoms with Crippen molar-refractivity contribution >= 4 is 22.9 Å². The van der Waals surface area contributed by atoms with Crippen molar-refractivity contribution in [2.75, 3.05) is 19.8 Å². The molecule has 1 aliphatic rings. The first kappa shape index (κ1) is 22.1. The quantitative estimate of drug-likeness (QED) is 0.600. The van der Waals surface area contributed by atoms with Crippen molar-refractivity contribution in [1.82, 2.24) is 14.2 Å². The molecule has 0 bridgehead atoms. The van der Waals surface area contributed by atoms with Crippen LogP contribution in [0.25, 0.3) is 0 Å². The molecule has 0 radical (unpaired) electrons. The second-order valence-corrected chi connectivity index (χ2v) is 8.21. The highest BCUT2D eigenvalue weighted by atomic mass is 32.2. The molecule has 162 valence electrons. The number of halogens is 1. The first-order valence-electron chi connectivity index (χ1n) is 9.50. The predicted octanol–water partition coefficient (Wildman–Crippen LogP) is 0.973. The van der Waals surface area contributed by atoms with E-state index in [0.717, 1.165) is 5.56 Å². The van der Waals surface area contributed by atoms with Crippen LogP contribution in [0.4, 0.5) is 4.39 Å². The Morgan fingerprint density at radius 2 is 2.07 bits per heavy atom. The number of nitrogens with one attached hydrogen (secondary N) is 1. The van der Waals surface area contributed by atoms with Gasteiger partial charge in [-0.2, -0.15) is 0 Å². The zero-order chi connectivity index (χ0) is 21.8. The van der Waals surface area contributed by atoms with Gasteiger partial charge in [0.15, 0.2) is 11.5 Å². The standard InChI is InChI=1S/C20H24FN3O5S/c1-3-29-20(27)18-16(21)15(11-23(18)2)30(28)22-17-14(12-25)10-24(19(17)26)9-13-7-5-4-6-8-13/h4-8,11,14,17,22,25H,3,9-10,12H2,1-2H3. The largest absolute Gasteiger partial charge is 0.461 e. The molecule has 10 heteroatoms. The molecular weight excluding hydrogens is 413 g/mol. The summed E-state index contributed by atoms with van der Waals surface area (Å²) >= 11 is 0. The van der Waals surface area contributed by atoms with Crippen LogP contribution in [0.2, 0.25) is 0 Å². The summed E-state index contributed by atoms with van der Waals surface area (Å²) in [5.41, 5.74) is 0.585. The fourth-order valence-corrected chi connectivity index (χ4v) is 4.61. The molecule has 0 spiro atoms. The highest BCUT2D eigenvalue weighted by Gasteiger charge is 2.41. The zero-order valence-corrected chi connectivity index (χ0v) is 17.5. The van der Waals surface area contributed by atoms with Crippen LogP contribution in [0.15, 0.2) is 41.4 Å². The molecule has 3 unspecified atom stereocenters. The van der Waals surface area contributed by atoms with Gasteiger partial charge in [0.25, 0.3) is 0 Å². The number of nitrogens with zero attached hydrogens (tertiary/aromatic N) is 2. The minimum Gasteiger partial charge on any atom is -0.461 e. The maximum atomic E-state index is 14.7. The van der Waals surface area contributed by atoms with Crippen LogP contribution in [0.3, 0.4) is 0 Å². The number of carbonyl (C=O) groups is 2. The third-order valence-electron chi connectivity index (χ3n) is 4.95. The van der Waals surface area contributed by atoms with E-state index in [2.05, 4.69) is 4.72 Å². The Morgan fingerprint density at radius 1 is 1.37 bits per heavy atom. The van der Waals surface area contributed by atoms with Gasteiger partial charge in [0, 0.05) is 38.9 Å². The molecule has 3 rings (SSSR count). The Kier molecular flexibility index (Phi) is 7.01. The van der Waals surface area contributed by atoms with Gasteiger partial charge in [0.1, 0.15) is 21.9 Å². The topological polar surface area (TPSA) is 101 Å². The summed E-state index contributed by atoms with van der Waals surface area (Å²) in [5, 5.41) is 9.70. The van der Waals surface area contributed by atoms with Gasteiger partial charge in [-0.3, -0.25) is 4.79 Å². The fraction of sp³-hybridized carbons (Fsp3) is 0.400. The predicted molar refractivity (Wildman–Crippen MR) is 107 cm³/mol. The lowest BCUT2D eigenvalue weighted by Gasteiger charge is -2.17. The smallest absolute Gasteiger partial charge is 0.358 e. The average molecular weight is 437 g/mol. The lowest BCUT2D eigenvalue weighted by molar-refractivity contribution is -0.129. The van der Waals surface area contributed by atoms with Gasteiger partial charge in [0.05, 0.1) is 6.61 Å². The molecular formula is C20H24FN3O5S. The minimum atomic E-state index is -2.11. The number of aliphatic hydroxyl groups is 1. The second kappa shape index (κ2) is 9.50. The molecule has 2 aromatic rings. The maximum Gasteiger partial charge on any atom is 0.358 e. The number of aryl methyl sites for hydroxylation is 1. The molecule has 1 aromatic carbocycles. The van der Waals surface area contributed by atoms with Gasteiger partial charge in [-0.25, -0.2) is 18.1 Å². The molecule has 1 amide bonds. The summed E-state index contributed by atoms with van der Waals surface area (Å²) in [6.45, 7) is 2.02. The number of hydrogen-bond donors (Lipinski definition) is 2. The Bertz CT molecular complexity index is 949. The van der Waals surface area contributed by atoms with Crippen molar-refractivity contribution < 1.29 is 28.0 Å². The van der Waals surface area contributed by atoms with Crippen LogP contribution in [-0.2, 0) is 34.1 Å². The van der Waals surface area contributed by atoms with Gasteiger partial charge < -0.3 is 19.3 Å². The Hall–Kier alpha value is -2.56. The third kappa shape index (κ3) is 4.45. The Balaban J connectivity index is 1.76. The van der Waals surface area contributed by atoms with E-state index in [9.17, 15) is 23.3 Å². The number of esters is 1. The zero-order valence-electron chi connectivity index (χ0n) is 16.7. The summed E-state index contributed by atoms with van der Waals surface area (Å²) in [5.74, 6) is -2.65. The first-order valence-corrected chi connectivity index (χ1v) is 10.7. The van der Waals surface area contributed by atoms with Gasteiger partial charge in [0.2, 0.25) is 5.91 Å². The van der Waals surface area contributed by atoms with Crippen LogP contribution >= 0.6 is 0 Å². The third-order valence-corrected chi connectivity index (χ3v) is 6.10. The van der Waals surface area contributed by atoms with Crippen LogP contribution in [0.1, 0.15) is 23.0 Å². The number of carbonyl (C=O) groups excluding carboxylic acids is 2. The molecule has 1 aromatic heterocycles. The molecule has 8 nitrogen and oxygen atoms in total. The van der Waals surface area contributed by atoms with Crippen molar-refractivity contribution in [3.05, 3.63) is 53.6 Å². The number of likely N-dealkylation sites (tertiary alicyclic amines) is 1. The molecule has 2 heterocycles. The number of rotatable bonds is 8. The van der Waals surface area contributed by atoms with E-state index in [1.165, 1.54) is 17.8 Å². The number of aromatic nitrogens is 1. The van der Waals surface area contributed by atoms with Crippen molar-refractivity contribution in [2.24, 2.45) is 13.0 Å². The van der Waals surface area contributed by atoms with Gasteiger partial charge in [-0.1, -0.05) is 30.3 Å². The first-order chi connectivity index (χ1) is 14.4. The molecule has 1 saturated heterocycles. The van der Waals surface area contributed by atoms with Crippen molar-refractivity contribution in [3.8, 4) is 0 Å². The minimum absolute atomic E-state index is 0.0755. The number of amides is 1. The molecule has 0 aliphatic carbocycles. The lowest BCUT2D eigenvalue weighted by atomic mass is 10.1. The lowest BCUT2D eigenvalue weighted by Crippen LogP contribution is -2.42. The van der Waals surface area contributed by atoms with Crippen molar-refractivity contribution in [1.29, 1.82) is 0 Å². The SMILES string of the molecule is CCOC(=O)c1c(F)c(S(=O)NC2C(=O)N(Cc3ccccc3)CC2CO)cn1C. The highest BCUT2D eigenvalue weighted by Crippen LogP contribution is 2.24. The Morgan fingerprint density at radius 3 is 2.70 bits per heavy atom. The Labute approximate surface area is 176 Å². The van der Waals surface area contributed by atoms with Gasteiger partial charge in [-0.15, -0.1) is 0 Å². The number of hydrogen-bond acceptors (Lipinski definition) is 5. The highest BCUT2D eigenvalue weighted by molar-refractivity contribution is 7.83. The van der Waals surface area contributed by atoms with Gasteiger partial charge in [-0.05, 0) is 12.5 Å². The molecule has 2 N–H and O–H groups in total. The van der Waals surface area contributed by atoms with Crippen LogP contribution < -0.4 is 4.72 Å². The molecule has 0 saturated carbocycles. The van der Waals surface area contributed by atoms with Crippen molar-refractivity contribution in [2.45, 2.75) is 24.4 Å². The molecule has 30 heavy (non-hydrogen) atoms. The van der Waals surface area contributed by atoms with E-state index in [0.29, 0.717) is 6.54 Å². The summed E-state index contributed by atoms with van der Waals surface area (Å²) < 4.78 is 36.2.